The van der Waals surface area contributed by atoms with Gasteiger partial charge in [0, 0.05) is 23.3 Å². The van der Waals surface area contributed by atoms with E-state index in [4.69, 9.17) is 4.98 Å². The van der Waals surface area contributed by atoms with Crippen LogP contribution in [0.15, 0.2) is 55.1 Å². The predicted octanol–water partition coefficient (Wildman–Crippen LogP) is 3.26. The fraction of sp³-hybridized carbons (Fsp3) is 0.200. The summed E-state index contributed by atoms with van der Waals surface area (Å²) in [5.41, 5.74) is 4.59. The summed E-state index contributed by atoms with van der Waals surface area (Å²) in [5, 5.41) is 13.7. The zero-order valence-corrected chi connectivity index (χ0v) is 17.4. The van der Waals surface area contributed by atoms with Crippen molar-refractivity contribution >= 4 is 29.3 Å². The molecule has 0 bridgehead atoms. The van der Waals surface area contributed by atoms with Crippen molar-refractivity contribution < 1.29 is 4.57 Å². The van der Waals surface area contributed by atoms with Gasteiger partial charge in [0.2, 0.25) is 5.65 Å². The molecule has 30 heavy (non-hydrogen) atoms. The first-order valence-corrected chi connectivity index (χ1v) is 12.2. The summed E-state index contributed by atoms with van der Waals surface area (Å²) in [6.45, 7) is 4.01. The van der Waals surface area contributed by atoms with Gasteiger partial charge >= 0.3 is 0 Å². The Hall–Kier alpha value is -3.45. The van der Waals surface area contributed by atoms with E-state index < -0.39 is 7.14 Å². The molecule has 0 spiro atoms. The lowest BCUT2D eigenvalue weighted by molar-refractivity contribution is 0.569. The van der Waals surface area contributed by atoms with Crippen LogP contribution >= 0.6 is 7.14 Å². The molecule has 0 atom stereocenters. The van der Waals surface area contributed by atoms with E-state index in [1.165, 1.54) is 0 Å². The summed E-state index contributed by atoms with van der Waals surface area (Å²) >= 11 is 0. The summed E-state index contributed by atoms with van der Waals surface area (Å²) in [5.74, 6) is 0. The van der Waals surface area contributed by atoms with Crippen molar-refractivity contribution in [3.63, 3.8) is 0 Å². The number of pyridine rings is 1. The molecule has 4 heterocycles. The smallest absolute Gasteiger partial charge is 0.221 e. The Kier molecular flexibility index (Phi) is 4.40. The molecule has 0 aliphatic carbocycles. The average Bonchev–Trinajstić information content (AvgIpc) is 3.33. The largest absolute Gasteiger partial charge is 0.322 e. The summed E-state index contributed by atoms with van der Waals surface area (Å²) in [6.07, 6.45) is 7.36. The molecule has 0 fully saturated rings. The van der Waals surface area contributed by atoms with Crippen LogP contribution in [0.25, 0.3) is 33.5 Å². The van der Waals surface area contributed by atoms with E-state index >= 15 is 0 Å². The third kappa shape index (κ3) is 3.71. The van der Waals surface area contributed by atoms with E-state index in [0.29, 0.717) is 29.8 Å². The van der Waals surface area contributed by atoms with Crippen LogP contribution in [0, 0.1) is 0 Å². The minimum absolute atomic E-state index is 0.388. The van der Waals surface area contributed by atoms with Gasteiger partial charge < -0.3 is 4.57 Å². The van der Waals surface area contributed by atoms with Crippen molar-refractivity contribution in [3.8, 4) is 11.3 Å². The fourth-order valence-corrected chi connectivity index (χ4v) is 4.17. The first-order chi connectivity index (χ1) is 14.4. The second kappa shape index (κ2) is 7.11. The molecule has 9 nitrogen and oxygen atoms in total. The zero-order chi connectivity index (χ0) is 20.7. The van der Waals surface area contributed by atoms with Gasteiger partial charge in [-0.15, -0.1) is 5.10 Å². The first kappa shape index (κ1) is 18.6. The molecular weight excluding hydrogens is 399 g/mol. The molecule has 0 aliphatic rings. The Morgan fingerprint density at radius 3 is 2.87 bits per heavy atom. The van der Waals surface area contributed by atoms with Gasteiger partial charge in [-0.1, -0.05) is 17.3 Å². The third-order valence-electron chi connectivity index (χ3n) is 4.64. The lowest BCUT2D eigenvalue weighted by Crippen LogP contribution is -2.03. The number of aromatic nitrogens is 8. The molecule has 5 rings (SSSR count). The summed E-state index contributed by atoms with van der Waals surface area (Å²) in [4.78, 5) is 13.5. The maximum atomic E-state index is 12.1. The Morgan fingerprint density at radius 2 is 2.00 bits per heavy atom. The van der Waals surface area contributed by atoms with Gasteiger partial charge in [-0.3, -0.25) is 9.67 Å². The molecule has 4 aromatic heterocycles. The van der Waals surface area contributed by atoms with Gasteiger partial charge in [0.05, 0.1) is 36.4 Å². The molecule has 5 aromatic rings. The van der Waals surface area contributed by atoms with E-state index in [-0.39, 0.29) is 0 Å². The molecule has 0 N–H and O–H groups in total. The topological polar surface area (TPSA) is 104 Å². The minimum atomic E-state index is -2.22. The highest BCUT2D eigenvalue weighted by molar-refractivity contribution is 7.61. The second-order valence-electron chi connectivity index (χ2n) is 7.66. The van der Waals surface area contributed by atoms with Gasteiger partial charge in [-0.2, -0.15) is 5.10 Å². The maximum absolute atomic E-state index is 12.1. The van der Waals surface area contributed by atoms with Crippen LogP contribution < -0.4 is 0 Å². The quantitative estimate of drug-likeness (QED) is 0.404. The van der Waals surface area contributed by atoms with Crippen molar-refractivity contribution in [2.45, 2.75) is 12.8 Å². The average molecular weight is 418 g/mol. The standard InChI is InChI=1S/C20H19N8OP/c1-30(2,29)13-27-12-16(9-23-27)18-10-22-19-20(24-18)28(26-25-19)11-14-5-6-17-15(8-14)4-3-7-21-17/h3-10,12H,11,13H2,1-2H3. The number of rotatable bonds is 5. The molecule has 150 valence electrons. The number of hydrogen-bond donors (Lipinski definition) is 0. The highest BCUT2D eigenvalue weighted by Crippen LogP contribution is 2.37. The number of fused-ring (bicyclic) bond motifs is 2. The normalized spacial score (nSPS) is 12.1. The van der Waals surface area contributed by atoms with E-state index in [0.717, 1.165) is 22.0 Å². The van der Waals surface area contributed by atoms with Crippen molar-refractivity contribution in [2.24, 2.45) is 0 Å². The maximum Gasteiger partial charge on any atom is 0.221 e. The lowest BCUT2D eigenvalue weighted by atomic mass is 10.1. The Labute approximate surface area is 172 Å². The molecule has 0 amide bonds. The monoisotopic (exact) mass is 418 g/mol. The highest BCUT2D eigenvalue weighted by Gasteiger charge is 2.14. The van der Waals surface area contributed by atoms with E-state index in [9.17, 15) is 4.57 Å². The molecule has 1 aromatic carbocycles. The van der Waals surface area contributed by atoms with Gasteiger partial charge in [0.15, 0.2) is 5.65 Å². The predicted molar refractivity (Wildman–Crippen MR) is 115 cm³/mol. The fourth-order valence-electron chi connectivity index (χ4n) is 3.32. The summed E-state index contributed by atoms with van der Waals surface area (Å²) in [6, 6.07) is 10.1. The van der Waals surface area contributed by atoms with Crippen LogP contribution in [0.4, 0.5) is 0 Å². The molecule has 10 heteroatoms. The van der Waals surface area contributed by atoms with E-state index in [2.05, 4.69) is 31.4 Å². The van der Waals surface area contributed by atoms with Crippen molar-refractivity contribution in [1.29, 1.82) is 0 Å². The molecule has 0 unspecified atom stereocenters. The van der Waals surface area contributed by atoms with Gasteiger partial charge in [0.25, 0.3) is 0 Å². The van der Waals surface area contributed by atoms with Crippen molar-refractivity contribution in [3.05, 3.63) is 60.7 Å². The molecule has 0 radical (unpaired) electrons. The number of hydrogen-bond acceptors (Lipinski definition) is 7. The van der Waals surface area contributed by atoms with E-state index in [1.807, 2.05) is 30.5 Å². The number of nitrogens with zero attached hydrogens (tertiary/aromatic N) is 8. The third-order valence-corrected chi connectivity index (χ3v) is 5.61. The molecule has 0 aliphatic heterocycles. The zero-order valence-electron chi connectivity index (χ0n) is 16.5. The Morgan fingerprint density at radius 1 is 1.10 bits per heavy atom. The van der Waals surface area contributed by atoms with Crippen LogP contribution in [-0.2, 0) is 17.4 Å². The Bertz CT molecular complexity index is 1420. The van der Waals surface area contributed by atoms with E-state index in [1.54, 1.807) is 41.3 Å². The highest BCUT2D eigenvalue weighted by atomic mass is 31.2. The first-order valence-electron chi connectivity index (χ1n) is 9.41. The SMILES string of the molecule is CP(C)(=O)Cn1cc(-c2cnc3nnn(Cc4ccc5ncccc5c4)c3n2)cn1. The summed E-state index contributed by atoms with van der Waals surface area (Å²) in [7, 11) is -2.22. The van der Waals surface area contributed by atoms with Gasteiger partial charge in [0.1, 0.15) is 7.14 Å². The van der Waals surface area contributed by atoms with Crippen LogP contribution in [0.2, 0.25) is 0 Å². The van der Waals surface area contributed by atoms with Crippen molar-refractivity contribution in [2.75, 3.05) is 13.3 Å². The second-order valence-corrected chi connectivity index (χ2v) is 11.1. The van der Waals surface area contributed by atoms with Crippen LogP contribution in [0.3, 0.4) is 0 Å². The molecular formula is C20H19N8OP. The lowest BCUT2D eigenvalue weighted by Gasteiger charge is -2.05. The molecule has 0 saturated heterocycles. The van der Waals surface area contributed by atoms with Crippen LogP contribution in [0.1, 0.15) is 5.56 Å². The van der Waals surface area contributed by atoms with Crippen LogP contribution in [-0.4, -0.2) is 53.1 Å². The van der Waals surface area contributed by atoms with Crippen LogP contribution in [0.5, 0.6) is 0 Å². The minimum Gasteiger partial charge on any atom is -0.322 e. The molecule has 0 saturated carbocycles. The Balaban J connectivity index is 1.47. The van der Waals surface area contributed by atoms with Gasteiger partial charge in [-0.05, 0) is 37.1 Å². The van der Waals surface area contributed by atoms with Crippen molar-refractivity contribution in [1.82, 2.24) is 39.7 Å². The number of benzene rings is 1. The van der Waals surface area contributed by atoms with Gasteiger partial charge in [-0.25, -0.2) is 14.6 Å². The summed E-state index contributed by atoms with van der Waals surface area (Å²) < 4.78 is 15.5.